The van der Waals surface area contributed by atoms with E-state index in [4.69, 9.17) is 0 Å². The van der Waals surface area contributed by atoms with E-state index in [9.17, 15) is 27.6 Å². The molecular formula is C33H34F3N5O3. The number of piperidine rings is 2. The minimum absolute atomic E-state index is 0.0145. The zero-order valence-corrected chi connectivity index (χ0v) is 24.4. The third-order valence-electron chi connectivity index (χ3n) is 8.79. The van der Waals surface area contributed by atoms with E-state index in [0.29, 0.717) is 55.2 Å². The van der Waals surface area contributed by atoms with Crippen LogP contribution in [-0.2, 0) is 28.9 Å². The Balaban J connectivity index is 1.03. The predicted octanol–water partition coefficient (Wildman–Crippen LogP) is 4.84. The summed E-state index contributed by atoms with van der Waals surface area (Å²) in [6.07, 6.45) is -0.966. The van der Waals surface area contributed by atoms with Crippen LogP contribution in [0.3, 0.4) is 0 Å². The second kappa shape index (κ2) is 12.0. The highest BCUT2D eigenvalue weighted by molar-refractivity contribution is 6.05. The number of amides is 3. The van der Waals surface area contributed by atoms with Gasteiger partial charge in [0.05, 0.1) is 5.56 Å². The van der Waals surface area contributed by atoms with Crippen molar-refractivity contribution in [3.8, 4) is 11.1 Å². The summed E-state index contributed by atoms with van der Waals surface area (Å²) in [6, 6.07) is 13.6. The highest BCUT2D eigenvalue weighted by Crippen LogP contribution is 2.39. The molecule has 3 aromatic rings. The van der Waals surface area contributed by atoms with Gasteiger partial charge < -0.3 is 15.1 Å². The second-order valence-corrected chi connectivity index (χ2v) is 11.9. The van der Waals surface area contributed by atoms with Crippen molar-refractivity contribution in [1.29, 1.82) is 0 Å². The van der Waals surface area contributed by atoms with Crippen LogP contribution in [0.25, 0.3) is 11.1 Å². The summed E-state index contributed by atoms with van der Waals surface area (Å²) in [6.45, 7) is 4.51. The molecule has 3 aliphatic rings. The summed E-state index contributed by atoms with van der Waals surface area (Å²) < 4.78 is 42.3. The quantitative estimate of drug-likeness (QED) is 0.375. The third kappa shape index (κ3) is 6.19. The van der Waals surface area contributed by atoms with Gasteiger partial charge in [0.25, 0.3) is 5.91 Å². The first-order valence-electron chi connectivity index (χ1n) is 14.9. The number of benzene rings is 2. The number of carbonyl (C=O) groups excluding carboxylic acids is 3. The lowest BCUT2D eigenvalue weighted by Gasteiger charge is -2.34. The summed E-state index contributed by atoms with van der Waals surface area (Å²) >= 11 is 0. The van der Waals surface area contributed by atoms with Crippen molar-refractivity contribution in [3.63, 3.8) is 0 Å². The third-order valence-corrected chi connectivity index (χ3v) is 8.79. The molecule has 44 heavy (non-hydrogen) atoms. The molecular weight excluding hydrogens is 571 g/mol. The van der Waals surface area contributed by atoms with E-state index in [1.54, 1.807) is 17.0 Å². The maximum atomic E-state index is 14.1. The minimum Gasteiger partial charge on any atom is -0.356 e. The Hall–Kier alpha value is -4.25. The minimum atomic E-state index is -4.51. The van der Waals surface area contributed by atoms with Crippen molar-refractivity contribution in [2.75, 3.05) is 24.5 Å². The highest BCUT2D eigenvalue weighted by atomic mass is 19.4. The first-order valence-corrected chi connectivity index (χ1v) is 14.9. The summed E-state index contributed by atoms with van der Waals surface area (Å²) in [4.78, 5) is 44.3. The number of hydrogen-bond acceptors (Lipinski definition) is 6. The van der Waals surface area contributed by atoms with Gasteiger partial charge in [-0.05, 0) is 67.5 Å². The Morgan fingerprint density at radius 1 is 1.00 bits per heavy atom. The molecule has 11 heteroatoms. The maximum Gasteiger partial charge on any atom is 0.419 e. The number of nitrogens with zero attached hydrogens (tertiary/aromatic N) is 3. The molecule has 230 valence electrons. The number of carbonyl (C=O) groups is 3. The van der Waals surface area contributed by atoms with E-state index in [2.05, 4.69) is 15.6 Å². The van der Waals surface area contributed by atoms with Gasteiger partial charge in [-0.15, -0.1) is 0 Å². The van der Waals surface area contributed by atoms with E-state index in [0.717, 1.165) is 36.1 Å². The smallest absolute Gasteiger partial charge is 0.356 e. The summed E-state index contributed by atoms with van der Waals surface area (Å²) in [5, 5.41) is 5.78. The maximum absolute atomic E-state index is 14.1. The van der Waals surface area contributed by atoms with Gasteiger partial charge in [-0.1, -0.05) is 42.0 Å². The van der Waals surface area contributed by atoms with Gasteiger partial charge in [-0.2, -0.15) is 13.2 Å². The molecule has 0 bridgehead atoms. The van der Waals surface area contributed by atoms with Crippen LogP contribution in [0.5, 0.6) is 0 Å². The molecule has 2 N–H and O–H groups in total. The van der Waals surface area contributed by atoms with E-state index >= 15 is 0 Å². The number of pyridine rings is 1. The van der Waals surface area contributed by atoms with E-state index in [1.807, 2.05) is 37.3 Å². The van der Waals surface area contributed by atoms with Crippen LogP contribution in [0, 0.1) is 12.8 Å². The standard InChI is InChI=1S/C33H34F3N5O3/c1-20-3-2-4-23(13-20)24-15-27(33(34,35)36)30(38-18-24)40-11-9-21(10-12-40)16-37-17-22-5-6-26-25(14-22)19-41(32(26)44)28-7-8-29(42)39-31(28)43/h2-6,13-15,18,21,28,37H,7-12,16-17,19H2,1H3,(H,39,42,43). The summed E-state index contributed by atoms with van der Waals surface area (Å²) in [5.74, 6) is -0.649. The largest absolute Gasteiger partial charge is 0.419 e. The van der Waals surface area contributed by atoms with Crippen LogP contribution in [0.15, 0.2) is 54.7 Å². The number of anilines is 1. The fraction of sp³-hybridized carbons (Fsp3) is 0.394. The lowest BCUT2D eigenvalue weighted by molar-refractivity contribution is -0.138. The fourth-order valence-electron chi connectivity index (χ4n) is 6.41. The first-order chi connectivity index (χ1) is 21.1. The van der Waals surface area contributed by atoms with Gasteiger partial charge in [0, 0.05) is 49.9 Å². The Bertz CT molecular complexity index is 1600. The van der Waals surface area contributed by atoms with Gasteiger partial charge in [0.15, 0.2) is 0 Å². The van der Waals surface area contributed by atoms with Crippen LogP contribution >= 0.6 is 0 Å². The number of alkyl halides is 3. The second-order valence-electron chi connectivity index (χ2n) is 11.9. The van der Waals surface area contributed by atoms with Crippen LogP contribution < -0.4 is 15.5 Å². The number of hydrogen-bond donors (Lipinski definition) is 2. The normalized spacial score (nSPS) is 19.4. The lowest BCUT2D eigenvalue weighted by Crippen LogP contribution is -2.52. The monoisotopic (exact) mass is 605 g/mol. The average molecular weight is 606 g/mol. The fourth-order valence-corrected chi connectivity index (χ4v) is 6.41. The number of fused-ring (bicyclic) bond motifs is 1. The number of aromatic nitrogens is 1. The molecule has 1 unspecified atom stereocenters. The average Bonchev–Trinajstić information content (AvgIpc) is 3.32. The van der Waals surface area contributed by atoms with Crippen LogP contribution in [0.2, 0.25) is 0 Å². The Kier molecular flexibility index (Phi) is 8.15. The predicted molar refractivity (Wildman–Crippen MR) is 159 cm³/mol. The molecule has 0 spiro atoms. The molecule has 0 aliphatic carbocycles. The topological polar surface area (TPSA) is 94.6 Å². The van der Waals surface area contributed by atoms with Crippen LogP contribution in [0.4, 0.5) is 19.0 Å². The molecule has 4 heterocycles. The molecule has 2 fully saturated rings. The molecule has 2 saturated heterocycles. The number of rotatable bonds is 7. The van der Waals surface area contributed by atoms with Gasteiger partial charge in [-0.3, -0.25) is 19.7 Å². The Labute approximate surface area is 253 Å². The van der Waals surface area contributed by atoms with E-state index in [-0.39, 0.29) is 24.1 Å². The zero-order chi connectivity index (χ0) is 31.0. The summed E-state index contributed by atoms with van der Waals surface area (Å²) in [5.41, 5.74) is 3.85. The molecule has 2 aromatic carbocycles. The molecule has 3 aliphatic heterocycles. The van der Waals surface area contributed by atoms with Crippen molar-refractivity contribution < 1.29 is 27.6 Å². The highest BCUT2D eigenvalue weighted by Gasteiger charge is 2.39. The first kappa shape index (κ1) is 29.8. The van der Waals surface area contributed by atoms with E-state index in [1.165, 1.54) is 17.2 Å². The van der Waals surface area contributed by atoms with E-state index < -0.39 is 23.7 Å². The Morgan fingerprint density at radius 2 is 1.80 bits per heavy atom. The van der Waals surface area contributed by atoms with Crippen molar-refractivity contribution in [3.05, 3.63) is 82.5 Å². The SMILES string of the molecule is Cc1cccc(-c2cnc(N3CCC(CNCc4ccc5c(c4)CN(C4CCC(=O)NC4=O)C5=O)CC3)c(C(F)(F)F)c2)c1. The number of aryl methyl sites for hydroxylation is 1. The molecule has 0 radical (unpaired) electrons. The van der Waals surface area contributed by atoms with Crippen molar-refractivity contribution in [1.82, 2.24) is 20.5 Å². The van der Waals surface area contributed by atoms with Crippen molar-refractivity contribution in [2.45, 2.75) is 57.9 Å². The number of nitrogens with one attached hydrogen (secondary N) is 2. The Morgan fingerprint density at radius 3 is 2.52 bits per heavy atom. The van der Waals surface area contributed by atoms with Gasteiger partial charge in [0.2, 0.25) is 11.8 Å². The zero-order valence-electron chi connectivity index (χ0n) is 24.4. The molecule has 3 amide bonds. The van der Waals surface area contributed by atoms with Crippen molar-refractivity contribution >= 4 is 23.5 Å². The van der Waals surface area contributed by atoms with Crippen LogP contribution in [-0.4, -0.2) is 53.3 Å². The number of halogens is 3. The molecule has 8 nitrogen and oxygen atoms in total. The molecule has 6 rings (SSSR count). The number of imide groups is 1. The molecule has 0 saturated carbocycles. The van der Waals surface area contributed by atoms with Gasteiger partial charge in [0.1, 0.15) is 11.9 Å². The van der Waals surface area contributed by atoms with Gasteiger partial charge in [-0.25, -0.2) is 4.98 Å². The molecule has 1 aromatic heterocycles. The molecule has 1 atom stereocenters. The lowest BCUT2D eigenvalue weighted by atomic mass is 9.96. The van der Waals surface area contributed by atoms with Crippen LogP contribution in [0.1, 0.15) is 58.3 Å². The van der Waals surface area contributed by atoms with Gasteiger partial charge >= 0.3 is 6.18 Å². The van der Waals surface area contributed by atoms with Crippen molar-refractivity contribution in [2.24, 2.45) is 5.92 Å². The summed E-state index contributed by atoms with van der Waals surface area (Å²) in [7, 11) is 0.